The predicted molar refractivity (Wildman–Crippen MR) is 80.8 cm³/mol. The number of hydrogen-bond acceptors (Lipinski definition) is 3. The first kappa shape index (κ1) is 13.2. The summed E-state index contributed by atoms with van der Waals surface area (Å²) < 4.78 is 5.79. The Hall–Kier alpha value is -1.84. The first-order valence-electron chi connectivity index (χ1n) is 7.09. The quantitative estimate of drug-likeness (QED) is 0.926. The van der Waals surface area contributed by atoms with Crippen molar-refractivity contribution in [3.05, 3.63) is 60.2 Å². The molecule has 0 aliphatic carbocycles. The van der Waals surface area contributed by atoms with Gasteiger partial charge in [0, 0.05) is 25.7 Å². The summed E-state index contributed by atoms with van der Waals surface area (Å²) >= 11 is 0. The van der Waals surface area contributed by atoms with E-state index in [1.165, 1.54) is 5.56 Å². The van der Waals surface area contributed by atoms with Gasteiger partial charge in [-0.1, -0.05) is 30.3 Å². The largest absolute Gasteiger partial charge is 0.457 e. The molecule has 1 saturated heterocycles. The highest BCUT2D eigenvalue weighted by atomic mass is 16.5. The van der Waals surface area contributed by atoms with Gasteiger partial charge in [-0.2, -0.15) is 0 Å². The number of nitrogens with two attached hydrogens (primary N) is 1. The van der Waals surface area contributed by atoms with Crippen LogP contribution < -0.4 is 10.5 Å². The Balaban J connectivity index is 1.60. The van der Waals surface area contributed by atoms with Crippen LogP contribution in [0, 0.1) is 0 Å². The van der Waals surface area contributed by atoms with E-state index in [-0.39, 0.29) is 0 Å². The van der Waals surface area contributed by atoms with Crippen LogP contribution >= 0.6 is 0 Å². The van der Waals surface area contributed by atoms with E-state index in [0.29, 0.717) is 6.04 Å². The lowest BCUT2D eigenvalue weighted by molar-refractivity contribution is 0.327. The lowest BCUT2D eigenvalue weighted by Gasteiger charge is -2.15. The predicted octanol–water partition coefficient (Wildman–Crippen LogP) is 3.01. The highest BCUT2D eigenvalue weighted by molar-refractivity contribution is 5.32. The molecule has 0 bridgehead atoms. The summed E-state index contributed by atoms with van der Waals surface area (Å²) in [6, 6.07) is 18.5. The molecule has 1 aliphatic heterocycles. The van der Waals surface area contributed by atoms with Crippen molar-refractivity contribution in [2.45, 2.75) is 19.0 Å². The molecule has 2 N–H and O–H groups in total. The summed E-state index contributed by atoms with van der Waals surface area (Å²) in [6.45, 7) is 3.07. The number of rotatable bonds is 4. The van der Waals surface area contributed by atoms with Crippen LogP contribution in [0.5, 0.6) is 11.5 Å². The van der Waals surface area contributed by atoms with Gasteiger partial charge < -0.3 is 10.5 Å². The van der Waals surface area contributed by atoms with Crippen molar-refractivity contribution in [2.24, 2.45) is 5.73 Å². The number of hydrogen-bond donors (Lipinski definition) is 1. The van der Waals surface area contributed by atoms with E-state index in [1.807, 2.05) is 42.5 Å². The molecule has 3 rings (SSSR count). The third-order valence-electron chi connectivity index (χ3n) is 3.62. The number of benzene rings is 2. The standard InChI is InChI=1S/C17H20N2O/c18-15-10-11-19(13-15)12-14-6-8-17(9-7-14)20-16-4-2-1-3-5-16/h1-9,15H,10-13,18H2. The molecule has 0 spiro atoms. The van der Waals surface area contributed by atoms with Crippen LogP contribution in [0.3, 0.4) is 0 Å². The molecule has 0 aromatic heterocycles. The fourth-order valence-electron chi connectivity index (χ4n) is 2.55. The minimum absolute atomic E-state index is 0.343. The van der Waals surface area contributed by atoms with Crippen molar-refractivity contribution >= 4 is 0 Å². The molecule has 1 fully saturated rings. The Bertz CT molecular complexity index is 539. The number of ether oxygens (including phenoxy) is 1. The Morgan fingerprint density at radius 3 is 2.35 bits per heavy atom. The molecule has 1 aliphatic rings. The SMILES string of the molecule is NC1CCN(Cc2ccc(Oc3ccccc3)cc2)C1. The molecule has 2 aromatic carbocycles. The first-order chi connectivity index (χ1) is 9.79. The number of likely N-dealkylation sites (tertiary alicyclic amines) is 1. The fraction of sp³-hybridized carbons (Fsp3) is 0.294. The van der Waals surface area contributed by atoms with E-state index in [2.05, 4.69) is 17.0 Å². The van der Waals surface area contributed by atoms with Crippen LogP contribution in [-0.4, -0.2) is 24.0 Å². The van der Waals surface area contributed by atoms with Gasteiger partial charge in [-0.15, -0.1) is 0 Å². The second-order valence-corrected chi connectivity index (χ2v) is 5.34. The highest BCUT2D eigenvalue weighted by Crippen LogP contribution is 2.22. The van der Waals surface area contributed by atoms with E-state index >= 15 is 0 Å². The lowest BCUT2D eigenvalue weighted by Crippen LogP contribution is -2.26. The van der Waals surface area contributed by atoms with Gasteiger partial charge in [-0.05, 0) is 36.2 Å². The lowest BCUT2D eigenvalue weighted by atomic mass is 10.2. The van der Waals surface area contributed by atoms with E-state index in [4.69, 9.17) is 10.5 Å². The van der Waals surface area contributed by atoms with E-state index in [9.17, 15) is 0 Å². The fourth-order valence-corrected chi connectivity index (χ4v) is 2.55. The van der Waals surface area contributed by atoms with Crippen LogP contribution in [0.15, 0.2) is 54.6 Å². The average molecular weight is 268 g/mol. The topological polar surface area (TPSA) is 38.5 Å². The van der Waals surface area contributed by atoms with Crippen LogP contribution in [0.4, 0.5) is 0 Å². The normalized spacial score (nSPS) is 19.1. The summed E-state index contributed by atoms with van der Waals surface area (Å²) in [5, 5.41) is 0. The Labute approximate surface area is 120 Å². The molecule has 20 heavy (non-hydrogen) atoms. The molecule has 3 nitrogen and oxygen atoms in total. The van der Waals surface area contributed by atoms with Crippen LogP contribution in [0.1, 0.15) is 12.0 Å². The van der Waals surface area contributed by atoms with Gasteiger partial charge in [0.2, 0.25) is 0 Å². The summed E-state index contributed by atoms with van der Waals surface area (Å²) in [5.41, 5.74) is 7.23. The minimum atomic E-state index is 0.343. The summed E-state index contributed by atoms with van der Waals surface area (Å²) in [4.78, 5) is 2.40. The molecule has 1 unspecified atom stereocenters. The second kappa shape index (κ2) is 6.07. The zero-order chi connectivity index (χ0) is 13.8. The molecule has 0 amide bonds. The highest BCUT2D eigenvalue weighted by Gasteiger charge is 2.18. The summed E-state index contributed by atoms with van der Waals surface area (Å²) in [5.74, 6) is 1.74. The van der Waals surface area contributed by atoms with Crippen LogP contribution in [-0.2, 0) is 6.54 Å². The molecule has 1 atom stereocenters. The number of nitrogens with zero attached hydrogens (tertiary/aromatic N) is 1. The van der Waals surface area contributed by atoms with Crippen LogP contribution in [0.2, 0.25) is 0 Å². The van der Waals surface area contributed by atoms with Crippen LogP contribution in [0.25, 0.3) is 0 Å². The molecule has 0 saturated carbocycles. The summed E-state index contributed by atoms with van der Waals surface area (Å²) in [7, 11) is 0. The smallest absolute Gasteiger partial charge is 0.127 e. The summed E-state index contributed by atoms with van der Waals surface area (Å²) in [6.07, 6.45) is 1.11. The van der Waals surface area contributed by atoms with Gasteiger partial charge in [-0.3, -0.25) is 4.90 Å². The van der Waals surface area contributed by atoms with E-state index in [0.717, 1.165) is 37.6 Å². The zero-order valence-corrected chi connectivity index (χ0v) is 11.5. The molecular weight excluding hydrogens is 248 g/mol. The van der Waals surface area contributed by atoms with Gasteiger partial charge in [0.1, 0.15) is 11.5 Å². The van der Waals surface area contributed by atoms with Gasteiger partial charge in [-0.25, -0.2) is 0 Å². The van der Waals surface area contributed by atoms with Crippen molar-refractivity contribution in [3.63, 3.8) is 0 Å². The maximum Gasteiger partial charge on any atom is 0.127 e. The molecule has 3 heteroatoms. The first-order valence-corrected chi connectivity index (χ1v) is 7.09. The van der Waals surface area contributed by atoms with Gasteiger partial charge >= 0.3 is 0 Å². The van der Waals surface area contributed by atoms with Crippen molar-refractivity contribution in [1.29, 1.82) is 0 Å². The second-order valence-electron chi connectivity index (χ2n) is 5.34. The third kappa shape index (κ3) is 3.38. The Morgan fingerprint density at radius 2 is 1.70 bits per heavy atom. The van der Waals surface area contributed by atoms with Gasteiger partial charge in [0.25, 0.3) is 0 Å². The van der Waals surface area contributed by atoms with E-state index < -0.39 is 0 Å². The minimum Gasteiger partial charge on any atom is -0.457 e. The van der Waals surface area contributed by atoms with Crippen molar-refractivity contribution in [3.8, 4) is 11.5 Å². The molecular formula is C17H20N2O. The Kier molecular flexibility index (Phi) is 4.00. The molecule has 2 aromatic rings. The monoisotopic (exact) mass is 268 g/mol. The van der Waals surface area contributed by atoms with Gasteiger partial charge in [0.05, 0.1) is 0 Å². The Morgan fingerprint density at radius 1 is 1.00 bits per heavy atom. The molecule has 1 heterocycles. The van der Waals surface area contributed by atoms with Crippen molar-refractivity contribution in [1.82, 2.24) is 4.90 Å². The van der Waals surface area contributed by atoms with Crippen molar-refractivity contribution in [2.75, 3.05) is 13.1 Å². The molecule has 0 radical (unpaired) electrons. The maximum absolute atomic E-state index is 5.93. The van der Waals surface area contributed by atoms with Crippen molar-refractivity contribution < 1.29 is 4.74 Å². The molecule has 104 valence electrons. The maximum atomic E-state index is 5.93. The zero-order valence-electron chi connectivity index (χ0n) is 11.5. The van der Waals surface area contributed by atoms with Gasteiger partial charge in [0.15, 0.2) is 0 Å². The van der Waals surface area contributed by atoms with E-state index in [1.54, 1.807) is 0 Å². The third-order valence-corrected chi connectivity index (χ3v) is 3.62. The average Bonchev–Trinajstić information content (AvgIpc) is 2.88. The number of para-hydroxylation sites is 1.